The Kier molecular flexibility index (Phi) is 7.32. The molecule has 22 heavy (non-hydrogen) atoms. The quantitative estimate of drug-likeness (QED) is 0.906. The number of aryl methyl sites for hydroxylation is 1. The van der Waals surface area contributed by atoms with Gasteiger partial charge in [-0.25, -0.2) is 0 Å². The minimum absolute atomic E-state index is 0. The molecule has 0 aliphatic carbocycles. The third kappa shape index (κ3) is 4.44. The van der Waals surface area contributed by atoms with Gasteiger partial charge in [-0.3, -0.25) is 9.59 Å². The van der Waals surface area contributed by atoms with Crippen LogP contribution in [-0.4, -0.2) is 53.8 Å². The van der Waals surface area contributed by atoms with E-state index in [9.17, 15) is 9.59 Å². The van der Waals surface area contributed by atoms with Crippen LogP contribution in [0.1, 0.15) is 34.3 Å². The number of halogens is 1. The molecule has 2 rings (SSSR count). The number of amides is 2. The van der Waals surface area contributed by atoms with Crippen LogP contribution in [-0.2, 0) is 4.79 Å². The topological polar surface area (TPSA) is 66.6 Å². The second-order valence-corrected chi connectivity index (χ2v) is 6.71. The lowest BCUT2D eigenvalue weighted by atomic mass is 10.1. The summed E-state index contributed by atoms with van der Waals surface area (Å²) in [5, 5.41) is 0. The molecule has 1 aromatic rings. The molecule has 0 bridgehead atoms. The van der Waals surface area contributed by atoms with Crippen LogP contribution in [0.4, 0.5) is 0 Å². The predicted molar refractivity (Wildman–Crippen MR) is 91.7 cm³/mol. The Balaban J connectivity index is 0.00000242. The van der Waals surface area contributed by atoms with Gasteiger partial charge in [-0.05, 0) is 25.5 Å². The summed E-state index contributed by atoms with van der Waals surface area (Å²) in [6, 6.07) is 3.43. The van der Waals surface area contributed by atoms with Gasteiger partial charge in [-0.15, -0.1) is 23.7 Å². The molecule has 2 N–H and O–H groups in total. The Morgan fingerprint density at radius 2 is 1.82 bits per heavy atom. The van der Waals surface area contributed by atoms with Crippen molar-refractivity contribution in [2.75, 3.05) is 26.2 Å². The highest BCUT2D eigenvalue weighted by atomic mass is 35.5. The average Bonchev–Trinajstić information content (AvgIpc) is 2.92. The first-order valence-electron chi connectivity index (χ1n) is 7.43. The SMILES string of the molecule is CCCC(N)C(=O)N1CCN(C(=O)c2ccc(C)s2)CC1.Cl. The summed E-state index contributed by atoms with van der Waals surface area (Å²) in [4.78, 5) is 30.0. The summed E-state index contributed by atoms with van der Waals surface area (Å²) in [6.45, 7) is 6.33. The number of hydrogen-bond acceptors (Lipinski definition) is 4. The number of rotatable bonds is 4. The van der Waals surface area contributed by atoms with E-state index in [-0.39, 0.29) is 24.2 Å². The van der Waals surface area contributed by atoms with Crippen molar-refractivity contribution >= 4 is 35.6 Å². The summed E-state index contributed by atoms with van der Waals surface area (Å²) in [7, 11) is 0. The Bertz CT molecular complexity index is 513. The number of hydrogen-bond donors (Lipinski definition) is 1. The first-order chi connectivity index (χ1) is 10.0. The van der Waals surface area contributed by atoms with E-state index in [0.717, 1.165) is 16.2 Å². The lowest BCUT2D eigenvalue weighted by Crippen LogP contribution is -2.54. The van der Waals surface area contributed by atoms with Gasteiger partial charge >= 0.3 is 0 Å². The van der Waals surface area contributed by atoms with Gasteiger partial charge in [0.15, 0.2) is 0 Å². The highest BCUT2D eigenvalue weighted by molar-refractivity contribution is 7.13. The molecular formula is C15H24ClN3O2S. The fourth-order valence-electron chi connectivity index (χ4n) is 2.50. The molecule has 0 radical (unpaired) electrons. The molecule has 2 amide bonds. The van der Waals surface area contributed by atoms with Crippen molar-refractivity contribution in [1.29, 1.82) is 0 Å². The number of carbonyl (C=O) groups is 2. The standard InChI is InChI=1S/C15H23N3O2S.ClH/c1-3-4-12(16)14(19)17-7-9-18(10-8-17)15(20)13-6-5-11(2)21-13;/h5-6,12H,3-4,7-10,16H2,1-2H3;1H. The van der Waals surface area contributed by atoms with Gasteiger partial charge in [-0.2, -0.15) is 0 Å². The zero-order chi connectivity index (χ0) is 15.4. The van der Waals surface area contributed by atoms with Crippen LogP contribution in [0.2, 0.25) is 0 Å². The van der Waals surface area contributed by atoms with Gasteiger partial charge in [-0.1, -0.05) is 13.3 Å². The van der Waals surface area contributed by atoms with Gasteiger partial charge in [0.1, 0.15) is 0 Å². The molecule has 1 unspecified atom stereocenters. The summed E-state index contributed by atoms with van der Waals surface area (Å²) >= 11 is 1.52. The molecule has 2 heterocycles. The van der Waals surface area contributed by atoms with Gasteiger partial charge in [0, 0.05) is 31.1 Å². The molecule has 0 saturated carbocycles. The van der Waals surface area contributed by atoms with E-state index in [2.05, 4.69) is 0 Å². The maximum Gasteiger partial charge on any atom is 0.264 e. The number of nitrogens with two attached hydrogens (primary N) is 1. The van der Waals surface area contributed by atoms with Crippen LogP contribution in [0, 0.1) is 6.92 Å². The van der Waals surface area contributed by atoms with E-state index in [1.807, 2.05) is 30.9 Å². The number of piperazine rings is 1. The molecule has 1 aromatic heterocycles. The number of thiophene rings is 1. The maximum atomic E-state index is 12.3. The van der Waals surface area contributed by atoms with Crippen LogP contribution >= 0.6 is 23.7 Å². The monoisotopic (exact) mass is 345 g/mol. The van der Waals surface area contributed by atoms with Crippen molar-refractivity contribution in [3.05, 3.63) is 21.9 Å². The third-order valence-electron chi connectivity index (χ3n) is 3.75. The number of carbonyl (C=O) groups excluding carboxylic acids is 2. The lowest BCUT2D eigenvalue weighted by Gasteiger charge is -2.35. The second kappa shape index (κ2) is 8.50. The minimum atomic E-state index is -0.405. The van der Waals surface area contributed by atoms with Crippen molar-refractivity contribution in [2.45, 2.75) is 32.7 Å². The molecule has 1 aliphatic heterocycles. The Hall–Kier alpha value is -1.11. The summed E-state index contributed by atoms with van der Waals surface area (Å²) in [5.74, 6) is 0.0778. The smallest absolute Gasteiger partial charge is 0.264 e. The lowest BCUT2D eigenvalue weighted by molar-refractivity contribution is -0.134. The molecule has 5 nitrogen and oxygen atoms in total. The van der Waals surface area contributed by atoms with E-state index in [0.29, 0.717) is 32.6 Å². The number of nitrogens with zero attached hydrogens (tertiary/aromatic N) is 2. The van der Waals surface area contributed by atoms with E-state index in [4.69, 9.17) is 5.73 Å². The average molecular weight is 346 g/mol. The normalized spacial score (nSPS) is 16.1. The van der Waals surface area contributed by atoms with E-state index >= 15 is 0 Å². The zero-order valence-corrected chi connectivity index (χ0v) is 14.7. The molecule has 0 spiro atoms. The van der Waals surface area contributed by atoms with E-state index in [1.54, 1.807) is 4.90 Å². The molecule has 124 valence electrons. The van der Waals surface area contributed by atoms with Gasteiger partial charge in [0.05, 0.1) is 10.9 Å². The molecule has 1 aliphatic rings. The predicted octanol–water partition coefficient (Wildman–Crippen LogP) is 1.89. The van der Waals surface area contributed by atoms with Gasteiger partial charge in [0.2, 0.25) is 5.91 Å². The van der Waals surface area contributed by atoms with Crippen LogP contribution in [0.3, 0.4) is 0 Å². The zero-order valence-electron chi connectivity index (χ0n) is 13.1. The maximum absolute atomic E-state index is 12.3. The minimum Gasteiger partial charge on any atom is -0.338 e. The summed E-state index contributed by atoms with van der Waals surface area (Å²) in [6.07, 6.45) is 1.62. The fraction of sp³-hybridized carbons (Fsp3) is 0.600. The van der Waals surface area contributed by atoms with Crippen molar-refractivity contribution in [3.63, 3.8) is 0 Å². The molecule has 7 heteroatoms. The molecule has 0 aromatic carbocycles. The van der Waals surface area contributed by atoms with Crippen molar-refractivity contribution < 1.29 is 9.59 Å². The van der Waals surface area contributed by atoms with E-state index in [1.165, 1.54) is 11.3 Å². The van der Waals surface area contributed by atoms with Crippen LogP contribution in [0.25, 0.3) is 0 Å². The van der Waals surface area contributed by atoms with Crippen LogP contribution in [0.5, 0.6) is 0 Å². The Morgan fingerprint density at radius 1 is 1.23 bits per heavy atom. The second-order valence-electron chi connectivity index (χ2n) is 5.42. The molecule has 1 saturated heterocycles. The molecular weight excluding hydrogens is 322 g/mol. The third-order valence-corrected chi connectivity index (χ3v) is 4.74. The van der Waals surface area contributed by atoms with Crippen LogP contribution in [0.15, 0.2) is 12.1 Å². The first kappa shape index (κ1) is 18.9. The largest absolute Gasteiger partial charge is 0.338 e. The Morgan fingerprint density at radius 3 is 2.32 bits per heavy atom. The highest BCUT2D eigenvalue weighted by Crippen LogP contribution is 2.18. The van der Waals surface area contributed by atoms with Crippen molar-refractivity contribution in [1.82, 2.24) is 9.80 Å². The first-order valence-corrected chi connectivity index (χ1v) is 8.24. The van der Waals surface area contributed by atoms with E-state index < -0.39 is 6.04 Å². The van der Waals surface area contributed by atoms with Gasteiger partial charge in [0.25, 0.3) is 5.91 Å². The molecule has 1 fully saturated rings. The van der Waals surface area contributed by atoms with Crippen LogP contribution < -0.4 is 5.73 Å². The highest BCUT2D eigenvalue weighted by Gasteiger charge is 2.27. The fourth-order valence-corrected chi connectivity index (χ4v) is 3.34. The Labute approximate surface area is 141 Å². The van der Waals surface area contributed by atoms with Gasteiger partial charge < -0.3 is 15.5 Å². The van der Waals surface area contributed by atoms with Crippen molar-refractivity contribution in [2.24, 2.45) is 5.73 Å². The van der Waals surface area contributed by atoms with Crippen molar-refractivity contribution in [3.8, 4) is 0 Å². The summed E-state index contributed by atoms with van der Waals surface area (Å²) < 4.78 is 0. The molecule has 1 atom stereocenters. The summed E-state index contributed by atoms with van der Waals surface area (Å²) in [5.41, 5.74) is 5.88.